The number of aliphatic hydroxyl groups excluding tert-OH is 1. The Morgan fingerprint density at radius 1 is 1.50 bits per heavy atom. The van der Waals surface area contributed by atoms with Gasteiger partial charge < -0.3 is 10.0 Å². The molecule has 0 aliphatic carbocycles. The molecule has 1 aliphatic heterocycles. The minimum Gasteiger partial charge on any atom is -0.392 e. The van der Waals surface area contributed by atoms with E-state index in [-0.39, 0.29) is 6.10 Å². The number of aliphatic hydroxyl groups is 1. The number of β-amino-alcohol motifs (C(OH)–C–C–N with tert-alkyl or cyclic N) is 1. The Bertz CT molecular complexity index is 145. The van der Waals surface area contributed by atoms with E-state index < -0.39 is 0 Å². The van der Waals surface area contributed by atoms with Gasteiger partial charge in [-0.05, 0) is 18.3 Å². The molecule has 1 rings (SSSR count). The second kappa shape index (κ2) is 3.75. The summed E-state index contributed by atoms with van der Waals surface area (Å²) in [6, 6.07) is 0. The van der Waals surface area contributed by atoms with Gasteiger partial charge in [0.1, 0.15) is 0 Å². The zero-order chi connectivity index (χ0) is 9.19. The van der Waals surface area contributed by atoms with E-state index in [2.05, 4.69) is 25.7 Å². The van der Waals surface area contributed by atoms with Crippen LogP contribution in [0, 0.1) is 5.41 Å². The van der Waals surface area contributed by atoms with E-state index in [4.69, 9.17) is 0 Å². The molecule has 0 unspecified atom stereocenters. The van der Waals surface area contributed by atoms with E-state index in [1.165, 1.54) is 6.42 Å². The molecule has 1 saturated heterocycles. The van der Waals surface area contributed by atoms with E-state index in [0.29, 0.717) is 5.41 Å². The number of hydrogen-bond acceptors (Lipinski definition) is 2. The molecule has 0 aromatic heterocycles. The number of likely N-dealkylation sites (tertiary alicyclic amines) is 1. The van der Waals surface area contributed by atoms with Crippen molar-refractivity contribution in [3.63, 3.8) is 0 Å². The van der Waals surface area contributed by atoms with Gasteiger partial charge in [0.15, 0.2) is 0 Å². The van der Waals surface area contributed by atoms with Gasteiger partial charge >= 0.3 is 0 Å². The lowest BCUT2D eigenvalue weighted by Crippen LogP contribution is -2.32. The quantitative estimate of drug-likeness (QED) is 0.695. The average molecular weight is 171 g/mol. The Morgan fingerprint density at radius 3 is 2.58 bits per heavy atom. The highest BCUT2D eigenvalue weighted by atomic mass is 16.3. The molecular weight excluding hydrogens is 150 g/mol. The second-order valence-electron chi connectivity index (χ2n) is 4.70. The molecule has 1 heterocycles. The highest BCUT2D eigenvalue weighted by molar-refractivity contribution is 4.79. The molecule has 0 spiro atoms. The molecule has 72 valence electrons. The fraction of sp³-hybridized carbons (Fsp3) is 1.00. The first-order valence-electron chi connectivity index (χ1n) is 4.94. The van der Waals surface area contributed by atoms with Crippen LogP contribution in [0.25, 0.3) is 0 Å². The van der Waals surface area contributed by atoms with Gasteiger partial charge in [-0.25, -0.2) is 0 Å². The first-order chi connectivity index (χ1) is 5.53. The van der Waals surface area contributed by atoms with Gasteiger partial charge in [-0.15, -0.1) is 0 Å². The van der Waals surface area contributed by atoms with Gasteiger partial charge in [-0.3, -0.25) is 0 Å². The van der Waals surface area contributed by atoms with Crippen LogP contribution in [0.15, 0.2) is 0 Å². The molecule has 12 heavy (non-hydrogen) atoms. The lowest BCUT2D eigenvalue weighted by molar-refractivity contribution is 0.153. The fourth-order valence-electron chi connectivity index (χ4n) is 1.67. The summed E-state index contributed by atoms with van der Waals surface area (Å²) in [6.45, 7) is 9.89. The van der Waals surface area contributed by atoms with Crippen LogP contribution >= 0.6 is 0 Å². The van der Waals surface area contributed by atoms with Gasteiger partial charge in [0.25, 0.3) is 0 Å². The molecule has 0 amide bonds. The second-order valence-corrected chi connectivity index (χ2v) is 4.70. The van der Waals surface area contributed by atoms with Crippen molar-refractivity contribution in [1.29, 1.82) is 0 Å². The van der Waals surface area contributed by atoms with Crippen LogP contribution in [0.5, 0.6) is 0 Å². The summed E-state index contributed by atoms with van der Waals surface area (Å²) >= 11 is 0. The molecule has 2 nitrogen and oxygen atoms in total. The van der Waals surface area contributed by atoms with Crippen molar-refractivity contribution in [2.45, 2.75) is 39.7 Å². The summed E-state index contributed by atoms with van der Waals surface area (Å²) in [5, 5.41) is 9.33. The third-order valence-electron chi connectivity index (χ3n) is 2.86. The normalized spacial score (nSPS) is 26.5. The highest BCUT2D eigenvalue weighted by Gasteiger charge is 2.25. The lowest BCUT2D eigenvalue weighted by Gasteiger charge is -2.28. The number of rotatable bonds is 3. The molecule has 0 radical (unpaired) electrons. The Balaban J connectivity index is 2.32. The van der Waals surface area contributed by atoms with Gasteiger partial charge in [0.05, 0.1) is 6.10 Å². The largest absolute Gasteiger partial charge is 0.392 e. The average Bonchev–Trinajstić information content (AvgIpc) is 2.35. The van der Waals surface area contributed by atoms with E-state index >= 15 is 0 Å². The molecule has 1 fully saturated rings. The molecule has 0 aromatic rings. The van der Waals surface area contributed by atoms with E-state index in [1.807, 2.05) is 0 Å². The predicted octanol–water partition coefficient (Wildman–Crippen LogP) is 1.49. The van der Waals surface area contributed by atoms with Gasteiger partial charge in [-0.2, -0.15) is 0 Å². The van der Waals surface area contributed by atoms with Gasteiger partial charge in [0.2, 0.25) is 0 Å². The molecule has 1 atom stereocenters. The smallest absolute Gasteiger partial charge is 0.0679 e. The minimum atomic E-state index is -0.0716. The van der Waals surface area contributed by atoms with Crippen molar-refractivity contribution in [3.8, 4) is 0 Å². The van der Waals surface area contributed by atoms with Crippen LogP contribution in [0.2, 0.25) is 0 Å². The summed E-state index contributed by atoms with van der Waals surface area (Å²) in [6.07, 6.45) is 2.09. The van der Waals surface area contributed by atoms with Crippen LogP contribution in [0.1, 0.15) is 33.6 Å². The molecular formula is C10H21NO. The van der Waals surface area contributed by atoms with Crippen molar-refractivity contribution >= 4 is 0 Å². The first kappa shape index (κ1) is 10.0. The molecule has 0 bridgehead atoms. The topological polar surface area (TPSA) is 23.5 Å². The Kier molecular flexibility index (Phi) is 3.13. The zero-order valence-corrected chi connectivity index (χ0v) is 8.51. The maximum Gasteiger partial charge on any atom is 0.0679 e. The maximum absolute atomic E-state index is 9.33. The molecule has 0 saturated carbocycles. The zero-order valence-electron chi connectivity index (χ0n) is 8.51. The monoisotopic (exact) mass is 171 g/mol. The Morgan fingerprint density at radius 2 is 2.17 bits per heavy atom. The highest BCUT2D eigenvalue weighted by Crippen LogP contribution is 2.23. The lowest BCUT2D eigenvalue weighted by atomic mass is 9.90. The Labute approximate surface area is 75.6 Å². The third kappa shape index (κ3) is 2.76. The molecule has 2 heteroatoms. The van der Waals surface area contributed by atoms with Crippen LogP contribution in [0.3, 0.4) is 0 Å². The maximum atomic E-state index is 9.33. The summed E-state index contributed by atoms with van der Waals surface area (Å²) in [4.78, 5) is 2.37. The Hall–Kier alpha value is -0.0800. The van der Waals surface area contributed by atoms with Gasteiger partial charge in [0, 0.05) is 19.6 Å². The van der Waals surface area contributed by atoms with Crippen LogP contribution in [-0.4, -0.2) is 35.7 Å². The standard InChI is InChI=1S/C10H21NO/c1-4-10(2,3)8-11-6-5-9(12)7-11/h9,12H,4-8H2,1-3H3/t9-/m0/s1. The number of hydrogen-bond donors (Lipinski definition) is 1. The number of nitrogens with zero attached hydrogens (tertiary/aromatic N) is 1. The van der Waals surface area contributed by atoms with Crippen LogP contribution < -0.4 is 0 Å². The molecule has 1 aliphatic rings. The summed E-state index contributed by atoms with van der Waals surface area (Å²) in [5.41, 5.74) is 0.407. The third-order valence-corrected chi connectivity index (χ3v) is 2.86. The SMILES string of the molecule is CCC(C)(C)CN1CC[C@H](O)C1. The van der Waals surface area contributed by atoms with Crippen molar-refractivity contribution in [3.05, 3.63) is 0 Å². The van der Waals surface area contributed by atoms with Crippen molar-refractivity contribution in [1.82, 2.24) is 4.90 Å². The van der Waals surface area contributed by atoms with Crippen molar-refractivity contribution in [2.24, 2.45) is 5.41 Å². The summed E-state index contributed by atoms with van der Waals surface area (Å²) < 4.78 is 0. The fourth-order valence-corrected chi connectivity index (χ4v) is 1.67. The van der Waals surface area contributed by atoms with Crippen LogP contribution in [0.4, 0.5) is 0 Å². The van der Waals surface area contributed by atoms with Crippen molar-refractivity contribution in [2.75, 3.05) is 19.6 Å². The summed E-state index contributed by atoms with van der Waals surface area (Å²) in [7, 11) is 0. The first-order valence-corrected chi connectivity index (χ1v) is 4.94. The van der Waals surface area contributed by atoms with E-state index in [1.54, 1.807) is 0 Å². The molecule has 0 aromatic carbocycles. The predicted molar refractivity (Wildman–Crippen MR) is 51.1 cm³/mol. The minimum absolute atomic E-state index is 0.0716. The van der Waals surface area contributed by atoms with Crippen LogP contribution in [-0.2, 0) is 0 Å². The van der Waals surface area contributed by atoms with E-state index in [9.17, 15) is 5.11 Å². The van der Waals surface area contributed by atoms with Gasteiger partial charge in [-0.1, -0.05) is 20.8 Å². The van der Waals surface area contributed by atoms with Crippen molar-refractivity contribution < 1.29 is 5.11 Å². The molecule has 1 N–H and O–H groups in total. The van der Waals surface area contributed by atoms with E-state index in [0.717, 1.165) is 26.1 Å². The summed E-state index contributed by atoms with van der Waals surface area (Å²) in [5.74, 6) is 0.